The normalized spacial score (nSPS) is 10.1. The van der Waals surface area contributed by atoms with E-state index >= 15 is 0 Å². The molecule has 20 heavy (non-hydrogen) atoms. The van der Waals surface area contributed by atoms with E-state index in [0.717, 1.165) is 11.9 Å². The van der Waals surface area contributed by atoms with Crippen LogP contribution in [0.2, 0.25) is 0 Å². The Kier molecular flexibility index (Phi) is 5.06. The van der Waals surface area contributed by atoms with Gasteiger partial charge in [0.1, 0.15) is 17.4 Å². The molecule has 1 N–H and O–H groups in total. The predicted molar refractivity (Wildman–Crippen MR) is 74.0 cm³/mol. The van der Waals surface area contributed by atoms with Crippen molar-refractivity contribution in [2.24, 2.45) is 0 Å². The third-order valence-electron chi connectivity index (χ3n) is 2.55. The van der Waals surface area contributed by atoms with Crippen molar-refractivity contribution in [3.63, 3.8) is 0 Å². The minimum Gasteiger partial charge on any atom is -0.494 e. The van der Waals surface area contributed by atoms with Crippen molar-refractivity contribution in [3.8, 4) is 5.75 Å². The molecular weight excluding hydrogens is 259 g/mol. The van der Waals surface area contributed by atoms with Crippen LogP contribution in [0.15, 0.2) is 48.7 Å². The summed E-state index contributed by atoms with van der Waals surface area (Å²) in [6, 6.07) is 12.1. The molecule has 0 radical (unpaired) electrons. The van der Waals surface area contributed by atoms with Gasteiger partial charge in [0.2, 0.25) is 5.91 Å². The lowest BCUT2D eigenvalue weighted by molar-refractivity contribution is -0.116. The zero-order valence-electron chi connectivity index (χ0n) is 10.9. The summed E-state index contributed by atoms with van der Waals surface area (Å²) in [6.07, 6.45) is 1.99. The van der Waals surface area contributed by atoms with Gasteiger partial charge in [0.05, 0.1) is 12.8 Å². The summed E-state index contributed by atoms with van der Waals surface area (Å²) in [6.45, 7) is 0.467. The number of nitrogens with one attached hydrogen (secondary N) is 1. The molecule has 0 unspecified atom stereocenters. The van der Waals surface area contributed by atoms with Crippen molar-refractivity contribution >= 4 is 11.7 Å². The number of carbonyl (C=O) groups excluding carboxylic acids is 1. The molecule has 1 amide bonds. The van der Waals surface area contributed by atoms with E-state index in [2.05, 4.69) is 10.3 Å². The summed E-state index contributed by atoms with van der Waals surface area (Å²) >= 11 is 0. The lowest BCUT2D eigenvalue weighted by atomic mass is 10.3. The van der Waals surface area contributed by atoms with Gasteiger partial charge in [-0.3, -0.25) is 4.79 Å². The van der Waals surface area contributed by atoms with E-state index in [9.17, 15) is 9.18 Å². The molecule has 0 fully saturated rings. The third kappa shape index (κ3) is 4.68. The third-order valence-corrected chi connectivity index (χ3v) is 2.55. The molecule has 5 heteroatoms. The van der Waals surface area contributed by atoms with Gasteiger partial charge in [0, 0.05) is 6.42 Å². The largest absolute Gasteiger partial charge is 0.494 e. The average molecular weight is 274 g/mol. The number of para-hydroxylation sites is 1. The Morgan fingerprint density at radius 2 is 2.00 bits per heavy atom. The predicted octanol–water partition coefficient (Wildman–Crippen LogP) is 3.02. The van der Waals surface area contributed by atoms with Crippen molar-refractivity contribution in [2.75, 3.05) is 11.9 Å². The highest BCUT2D eigenvalue weighted by molar-refractivity contribution is 5.89. The lowest BCUT2D eigenvalue weighted by Gasteiger charge is -2.06. The zero-order chi connectivity index (χ0) is 14.2. The Hall–Kier alpha value is -2.43. The molecule has 104 valence electrons. The van der Waals surface area contributed by atoms with Crippen LogP contribution in [0.5, 0.6) is 5.75 Å². The van der Waals surface area contributed by atoms with Gasteiger partial charge in [-0.25, -0.2) is 9.37 Å². The zero-order valence-corrected chi connectivity index (χ0v) is 10.9. The van der Waals surface area contributed by atoms with Crippen molar-refractivity contribution in [3.05, 3.63) is 54.5 Å². The van der Waals surface area contributed by atoms with E-state index < -0.39 is 5.82 Å². The van der Waals surface area contributed by atoms with Gasteiger partial charge in [-0.15, -0.1) is 0 Å². The Morgan fingerprint density at radius 1 is 1.20 bits per heavy atom. The molecule has 0 aliphatic rings. The molecule has 0 atom stereocenters. The van der Waals surface area contributed by atoms with Crippen LogP contribution in [0.3, 0.4) is 0 Å². The SMILES string of the molecule is O=C(CCCOc1ccccc1)Nc1ccc(F)cn1. The monoisotopic (exact) mass is 274 g/mol. The average Bonchev–Trinajstić information content (AvgIpc) is 2.47. The summed E-state index contributed by atoms with van der Waals surface area (Å²) in [5.41, 5.74) is 0. The second kappa shape index (κ2) is 7.23. The molecule has 0 saturated heterocycles. The smallest absolute Gasteiger partial charge is 0.225 e. The summed E-state index contributed by atoms with van der Waals surface area (Å²) < 4.78 is 18.1. The van der Waals surface area contributed by atoms with E-state index in [4.69, 9.17) is 4.74 Å². The Labute approximate surface area is 116 Å². The second-order valence-corrected chi connectivity index (χ2v) is 4.17. The fourth-order valence-electron chi connectivity index (χ4n) is 1.59. The summed E-state index contributed by atoms with van der Waals surface area (Å²) in [5.74, 6) is 0.536. The molecule has 1 heterocycles. The second-order valence-electron chi connectivity index (χ2n) is 4.17. The highest BCUT2D eigenvalue weighted by atomic mass is 19.1. The lowest BCUT2D eigenvalue weighted by Crippen LogP contribution is -2.13. The number of hydrogen-bond donors (Lipinski definition) is 1. The van der Waals surface area contributed by atoms with Gasteiger partial charge >= 0.3 is 0 Å². The summed E-state index contributed by atoms with van der Waals surface area (Å²) in [5, 5.41) is 2.60. The highest BCUT2D eigenvalue weighted by Crippen LogP contribution is 2.09. The molecule has 1 aromatic carbocycles. The molecule has 0 saturated carbocycles. The number of carbonyl (C=O) groups is 1. The fraction of sp³-hybridized carbons (Fsp3) is 0.200. The number of hydrogen-bond acceptors (Lipinski definition) is 3. The molecule has 0 spiro atoms. The maximum atomic E-state index is 12.6. The van der Waals surface area contributed by atoms with Gasteiger partial charge in [0.25, 0.3) is 0 Å². The molecule has 2 aromatic rings. The van der Waals surface area contributed by atoms with Crippen LogP contribution < -0.4 is 10.1 Å². The van der Waals surface area contributed by atoms with E-state index in [-0.39, 0.29) is 5.91 Å². The first kappa shape index (κ1) is 14.0. The van der Waals surface area contributed by atoms with Crippen LogP contribution in [-0.2, 0) is 4.79 Å². The van der Waals surface area contributed by atoms with E-state index in [1.165, 1.54) is 12.1 Å². The van der Waals surface area contributed by atoms with Crippen LogP contribution >= 0.6 is 0 Å². The van der Waals surface area contributed by atoms with Crippen molar-refractivity contribution < 1.29 is 13.9 Å². The molecule has 0 aliphatic heterocycles. The first-order valence-electron chi connectivity index (χ1n) is 6.33. The molecule has 0 aliphatic carbocycles. The van der Waals surface area contributed by atoms with Crippen molar-refractivity contribution in [1.29, 1.82) is 0 Å². The summed E-state index contributed by atoms with van der Waals surface area (Å²) in [7, 11) is 0. The number of nitrogens with zero attached hydrogens (tertiary/aromatic N) is 1. The minimum atomic E-state index is -0.431. The summed E-state index contributed by atoms with van der Waals surface area (Å²) in [4.78, 5) is 15.4. The number of amides is 1. The van der Waals surface area contributed by atoms with Crippen LogP contribution in [-0.4, -0.2) is 17.5 Å². The number of aromatic nitrogens is 1. The van der Waals surface area contributed by atoms with Crippen LogP contribution in [0, 0.1) is 5.82 Å². The Balaban J connectivity index is 1.66. The minimum absolute atomic E-state index is 0.166. The Bertz CT molecular complexity index is 544. The van der Waals surface area contributed by atoms with Gasteiger partial charge in [-0.1, -0.05) is 18.2 Å². The van der Waals surface area contributed by atoms with Crippen LogP contribution in [0.25, 0.3) is 0 Å². The molecule has 4 nitrogen and oxygen atoms in total. The Morgan fingerprint density at radius 3 is 2.70 bits per heavy atom. The maximum absolute atomic E-state index is 12.6. The number of ether oxygens (including phenoxy) is 1. The number of halogens is 1. The van der Waals surface area contributed by atoms with Gasteiger partial charge in [-0.2, -0.15) is 0 Å². The topological polar surface area (TPSA) is 51.2 Å². The van der Waals surface area contributed by atoms with Gasteiger partial charge in [-0.05, 0) is 30.7 Å². The molecular formula is C15H15FN2O2. The van der Waals surface area contributed by atoms with Gasteiger partial charge < -0.3 is 10.1 Å². The maximum Gasteiger partial charge on any atom is 0.225 e. The van der Waals surface area contributed by atoms with Crippen molar-refractivity contribution in [1.82, 2.24) is 4.98 Å². The quantitative estimate of drug-likeness (QED) is 0.824. The standard InChI is InChI=1S/C15H15FN2O2/c16-12-8-9-14(17-11-12)18-15(19)7-4-10-20-13-5-2-1-3-6-13/h1-3,5-6,8-9,11H,4,7,10H2,(H,17,18,19). The highest BCUT2D eigenvalue weighted by Gasteiger charge is 2.03. The molecule has 1 aromatic heterocycles. The van der Waals surface area contributed by atoms with E-state index in [1.54, 1.807) is 0 Å². The molecule has 2 rings (SSSR count). The number of pyridine rings is 1. The number of rotatable bonds is 6. The first-order valence-corrected chi connectivity index (χ1v) is 6.33. The van der Waals surface area contributed by atoms with Gasteiger partial charge in [0.15, 0.2) is 0 Å². The molecule has 0 bridgehead atoms. The van der Waals surface area contributed by atoms with E-state index in [1.807, 2.05) is 30.3 Å². The number of benzene rings is 1. The number of anilines is 1. The van der Waals surface area contributed by atoms with Crippen LogP contribution in [0.4, 0.5) is 10.2 Å². The fourth-order valence-corrected chi connectivity index (χ4v) is 1.59. The van der Waals surface area contributed by atoms with E-state index in [0.29, 0.717) is 25.3 Å². The van der Waals surface area contributed by atoms with Crippen molar-refractivity contribution in [2.45, 2.75) is 12.8 Å². The van der Waals surface area contributed by atoms with Crippen LogP contribution in [0.1, 0.15) is 12.8 Å². The first-order chi connectivity index (χ1) is 9.74.